The van der Waals surface area contributed by atoms with Crippen molar-refractivity contribution < 1.29 is 18.7 Å². The van der Waals surface area contributed by atoms with Gasteiger partial charge in [0.1, 0.15) is 23.9 Å². The fourth-order valence-corrected chi connectivity index (χ4v) is 4.08. The highest BCUT2D eigenvalue weighted by Gasteiger charge is 2.25. The number of nitrogens with one attached hydrogen (secondary N) is 1. The number of furan rings is 1. The summed E-state index contributed by atoms with van der Waals surface area (Å²) in [6.45, 7) is 5.93. The molecule has 0 aliphatic heterocycles. The van der Waals surface area contributed by atoms with E-state index in [-0.39, 0.29) is 24.4 Å². The number of anilines is 1. The van der Waals surface area contributed by atoms with E-state index in [2.05, 4.69) is 5.32 Å². The number of benzene rings is 2. The van der Waals surface area contributed by atoms with Crippen molar-refractivity contribution in [2.75, 3.05) is 19.0 Å². The molecular weight excluding hydrogens is 527 g/mol. The van der Waals surface area contributed by atoms with Crippen molar-refractivity contribution in [1.82, 2.24) is 14.7 Å². The Kier molecular flexibility index (Phi) is 8.14. The number of methoxy groups -OCH3 is 1. The molecule has 2 aromatic heterocycles. The molecule has 0 radical (unpaired) electrons. The molecule has 2 amide bonds. The van der Waals surface area contributed by atoms with Gasteiger partial charge in [0.05, 0.1) is 46.9 Å². The lowest BCUT2D eigenvalue weighted by Crippen LogP contribution is -2.38. The van der Waals surface area contributed by atoms with Crippen LogP contribution < -0.4 is 10.1 Å². The number of carbonyl (C=O) groups is 2. The second-order valence-electron chi connectivity index (χ2n) is 9.66. The molecule has 38 heavy (non-hydrogen) atoms. The van der Waals surface area contributed by atoms with Crippen LogP contribution in [0.25, 0.3) is 5.69 Å². The van der Waals surface area contributed by atoms with E-state index in [1.807, 2.05) is 20.8 Å². The lowest BCUT2D eigenvalue weighted by Gasteiger charge is -2.22. The number of hydrogen-bond acceptors (Lipinski definition) is 5. The highest BCUT2D eigenvalue weighted by Crippen LogP contribution is 2.30. The van der Waals surface area contributed by atoms with E-state index in [4.69, 9.17) is 37.5 Å². The zero-order valence-corrected chi connectivity index (χ0v) is 23.0. The molecule has 0 saturated heterocycles. The van der Waals surface area contributed by atoms with Crippen molar-refractivity contribution in [3.63, 3.8) is 0 Å². The third kappa shape index (κ3) is 6.20. The minimum atomic E-state index is -0.415. The van der Waals surface area contributed by atoms with Crippen molar-refractivity contribution >= 4 is 40.8 Å². The van der Waals surface area contributed by atoms with Gasteiger partial charge >= 0.3 is 0 Å². The molecular formula is C28H28Cl2N4O4. The summed E-state index contributed by atoms with van der Waals surface area (Å²) in [5, 5.41) is 8.39. The van der Waals surface area contributed by atoms with Gasteiger partial charge in [0.25, 0.3) is 5.91 Å². The molecule has 0 atom stereocenters. The Bertz CT molecular complexity index is 1440. The number of rotatable bonds is 8. The fraction of sp³-hybridized carbons (Fsp3) is 0.250. The van der Waals surface area contributed by atoms with Crippen LogP contribution in [-0.2, 0) is 16.8 Å². The highest BCUT2D eigenvalue weighted by atomic mass is 35.5. The molecule has 0 aliphatic carbocycles. The summed E-state index contributed by atoms with van der Waals surface area (Å²) < 4.78 is 12.4. The van der Waals surface area contributed by atoms with Crippen LogP contribution in [0, 0.1) is 0 Å². The topological polar surface area (TPSA) is 89.6 Å². The molecule has 0 fully saturated rings. The van der Waals surface area contributed by atoms with Gasteiger partial charge in [-0.15, -0.1) is 0 Å². The van der Waals surface area contributed by atoms with Gasteiger partial charge in [-0.25, -0.2) is 4.68 Å². The van der Waals surface area contributed by atoms with Crippen LogP contribution in [0.5, 0.6) is 5.75 Å². The van der Waals surface area contributed by atoms with Gasteiger partial charge in [-0.05, 0) is 42.5 Å². The summed E-state index contributed by atoms with van der Waals surface area (Å²) in [7, 11) is 1.49. The Morgan fingerprint density at radius 2 is 1.82 bits per heavy atom. The molecule has 0 unspecified atom stereocenters. The van der Waals surface area contributed by atoms with Crippen LogP contribution >= 0.6 is 23.2 Å². The maximum absolute atomic E-state index is 13.5. The van der Waals surface area contributed by atoms with Crippen LogP contribution in [-0.4, -0.2) is 40.1 Å². The number of aromatic nitrogens is 2. The summed E-state index contributed by atoms with van der Waals surface area (Å²) in [6, 6.07) is 17.2. The predicted octanol–water partition coefficient (Wildman–Crippen LogP) is 6.36. The van der Waals surface area contributed by atoms with E-state index in [1.54, 1.807) is 65.3 Å². The van der Waals surface area contributed by atoms with E-state index in [1.165, 1.54) is 18.3 Å². The minimum absolute atomic E-state index is 0.0938. The van der Waals surface area contributed by atoms with Crippen molar-refractivity contribution in [3.8, 4) is 11.4 Å². The number of carbonyl (C=O) groups excluding carboxylic acids is 2. The largest absolute Gasteiger partial charge is 0.496 e. The zero-order chi connectivity index (χ0) is 27.4. The van der Waals surface area contributed by atoms with Gasteiger partial charge in [0, 0.05) is 11.5 Å². The van der Waals surface area contributed by atoms with Crippen LogP contribution in [0.1, 0.15) is 42.6 Å². The number of hydrogen-bond donors (Lipinski definition) is 1. The van der Waals surface area contributed by atoms with Crippen molar-refractivity contribution in [1.29, 1.82) is 0 Å². The Balaban J connectivity index is 1.64. The number of para-hydroxylation sites is 1. The Labute approximate surface area is 231 Å². The molecule has 0 aliphatic rings. The van der Waals surface area contributed by atoms with Crippen molar-refractivity contribution in [2.45, 2.75) is 32.7 Å². The molecule has 1 N–H and O–H groups in total. The first-order valence-corrected chi connectivity index (χ1v) is 12.6. The van der Waals surface area contributed by atoms with Crippen LogP contribution in [0.3, 0.4) is 0 Å². The molecule has 198 valence electrons. The fourth-order valence-electron chi connectivity index (χ4n) is 3.79. The van der Waals surface area contributed by atoms with Gasteiger partial charge in [0.2, 0.25) is 5.91 Å². The Morgan fingerprint density at radius 3 is 2.47 bits per heavy atom. The smallest absolute Gasteiger partial charge is 0.258 e. The standard InChI is InChI=1S/C28H28Cl2N4O4/c1-28(2,3)24-15-25(34(32-24)18-11-12-21(29)22(30)14-18)31-26(35)17-33(16-19-8-7-13-38-19)27(36)20-9-5-6-10-23(20)37-4/h5-15H,16-17H2,1-4H3,(H,31,35). The third-order valence-corrected chi connectivity index (χ3v) is 6.52. The van der Waals surface area contributed by atoms with Gasteiger partial charge < -0.3 is 19.4 Å². The maximum atomic E-state index is 13.5. The lowest BCUT2D eigenvalue weighted by molar-refractivity contribution is -0.117. The first-order valence-electron chi connectivity index (χ1n) is 11.9. The van der Waals surface area contributed by atoms with Crippen LogP contribution in [0.2, 0.25) is 10.0 Å². The number of ether oxygens (including phenoxy) is 1. The normalized spacial score (nSPS) is 11.3. The molecule has 0 bridgehead atoms. The summed E-state index contributed by atoms with van der Waals surface area (Å²) in [4.78, 5) is 28.3. The predicted molar refractivity (Wildman–Crippen MR) is 147 cm³/mol. The summed E-state index contributed by atoms with van der Waals surface area (Å²) in [5.74, 6) is 0.594. The SMILES string of the molecule is COc1ccccc1C(=O)N(CC(=O)Nc1cc(C(C)(C)C)nn1-c1ccc(Cl)c(Cl)c1)Cc1ccco1. The van der Waals surface area contributed by atoms with E-state index >= 15 is 0 Å². The van der Waals surface area contributed by atoms with Crippen LogP contribution in [0.15, 0.2) is 71.3 Å². The first-order chi connectivity index (χ1) is 18.1. The van der Waals surface area contributed by atoms with Gasteiger partial charge in [-0.1, -0.05) is 56.1 Å². The number of nitrogens with zero attached hydrogens (tertiary/aromatic N) is 3. The van der Waals surface area contributed by atoms with Crippen molar-refractivity contribution in [2.24, 2.45) is 0 Å². The van der Waals surface area contributed by atoms with E-state index in [0.29, 0.717) is 38.6 Å². The average Bonchev–Trinajstić information content (AvgIpc) is 3.55. The molecule has 4 rings (SSSR count). The van der Waals surface area contributed by atoms with E-state index < -0.39 is 5.91 Å². The second kappa shape index (κ2) is 11.3. The van der Waals surface area contributed by atoms with Crippen LogP contribution in [0.4, 0.5) is 5.82 Å². The molecule has 10 heteroatoms. The molecule has 0 spiro atoms. The summed E-state index contributed by atoms with van der Waals surface area (Å²) in [6.07, 6.45) is 1.52. The molecule has 2 aromatic carbocycles. The monoisotopic (exact) mass is 554 g/mol. The third-order valence-electron chi connectivity index (χ3n) is 5.78. The van der Waals surface area contributed by atoms with Gasteiger partial charge in [-0.3, -0.25) is 9.59 Å². The number of halogens is 2. The molecule has 4 aromatic rings. The van der Waals surface area contributed by atoms with Crippen molar-refractivity contribution in [3.05, 3.63) is 94.0 Å². The lowest BCUT2D eigenvalue weighted by atomic mass is 9.92. The molecule has 8 nitrogen and oxygen atoms in total. The number of amides is 2. The maximum Gasteiger partial charge on any atom is 0.258 e. The summed E-state index contributed by atoms with van der Waals surface area (Å²) in [5.41, 5.74) is 1.44. The van der Waals surface area contributed by atoms with Gasteiger partial charge in [0.15, 0.2) is 0 Å². The minimum Gasteiger partial charge on any atom is -0.496 e. The molecule has 0 saturated carbocycles. The Hall–Kier alpha value is -3.75. The quantitative estimate of drug-likeness (QED) is 0.273. The zero-order valence-electron chi connectivity index (χ0n) is 21.5. The van der Waals surface area contributed by atoms with Gasteiger partial charge in [-0.2, -0.15) is 5.10 Å². The first kappa shape index (κ1) is 27.3. The highest BCUT2D eigenvalue weighted by molar-refractivity contribution is 6.42. The Morgan fingerprint density at radius 1 is 1.05 bits per heavy atom. The van der Waals surface area contributed by atoms with E-state index in [0.717, 1.165) is 5.69 Å². The second-order valence-corrected chi connectivity index (χ2v) is 10.5. The van der Waals surface area contributed by atoms with E-state index in [9.17, 15) is 9.59 Å². The summed E-state index contributed by atoms with van der Waals surface area (Å²) >= 11 is 12.4. The molecule has 2 heterocycles. The average molecular weight is 555 g/mol.